The molecule has 33 heavy (non-hydrogen) atoms. The van der Waals surface area contributed by atoms with Gasteiger partial charge in [0.2, 0.25) is 5.13 Å². The monoisotopic (exact) mass is 461 g/mol. The van der Waals surface area contributed by atoms with E-state index in [9.17, 15) is 9.90 Å². The summed E-state index contributed by atoms with van der Waals surface area (Å²) in [6.45, 7) is 2.11. The van der Waals surface area contributed by atoms with Crippen LogP contribution in [0.3, 0.4) is 0 Å². The second-order valence-corrected chi connectivity index (χ2v) is 10.6. The number of aromatic nitrogens is 2. The molecule has 1 amide bonds. The average molecular weight is 462 g/mol. The summed E-state index contributed by atoms with van der Waals surface area (Å²) in [4.78, 5) is 12.9. The van der Waals surface area contributed by atoms with E-state index in [4.69, 9.17) is 0 Å². The van der Waals surface area contributed by atoms with E-state index in [0.29, 0.717) is 16.6 Å². The number of hydrogen-bond donors (Lipinski definition) is 2. The van der Waals surface area contributed by atoms with Crippen LogP contribution in [0, 0.1) is 5.92 Å². The van der Waals surface area contributed by atoms with E-state index in [2.05, 4.69) is 64.9 Å². The summed E-state index contributed by atoms with van der Waals surface area (Å²) < 4.78 is 0. The van der Waals surface area contributed by atoms with Gasteiger partial charge in [-0.25, -0.2) is 0 Å². The molecule has 1 heterocycles. The molecule has 1 aromatic heterocycles. The van der Waals surface area contributed by atoms with E-state index >= 15 is 0 Å². The number of nitrogens with zero attached hydrogens (tertiary/aromatic N) is 2. The minimum absolute atomic E-state index is 0.0111. The zero-order valence-electron chi connectivity index (χ0n) is 19.1. The Hall–Kier alpha value is -2.57. The molecule has 0 unspecified atom stereocenters. The number of carbonyl (C=O) groups excluding carboxylic acids is 1. The zero-order valence-corrected chi connectivity index (χ0v) is 19.9. The Kier molecular flexibility index (Phi) is 6.06. The first kappa shape index (κ1) is 22.2. The molecule has 5 rings (SSSR count). The lowest BCUT2D eigenvalue weighted by Gasteiger charge is -2.50. The van der Waals surface area contributed by atoms with Gasteiger partial charge in [0.15, 0.2) is 0 Å². The number of aryl methyl sites for hydroxylation is 1. The molecule has 3 aromatic rings. The fourth-order valence-corrected chi connectivity index (χ4v) is 6.56. The maximum absolute atomic E-state index is 12.9. The molecule has 0 radical (unpaired) electrons. The van der Waals surface area contributed by atoms with Crippen LogP contribution in [0.5, 0.6) is 0 Å². The van der Waals surface area contributed by atoms with Gasteiger partial charge in [-0.1, -0.05) is 54.7 Å². The van der Waals surface area contributed by atoms with Crippen molar-refractivity contribution in [2.24, 2.45) is 5.92 Å². The molecular formula is C27H31N3O2S. The second kappa shape index (κ2) is 8.99. The lowest BCUT2D eigenvalue weighted by Crippen LogP contribution is -2.48. The predicted octanol–water partition coefficient (Wildman–Crippen LogP) is 5.55. The highest BCUT2D eigenvalue weighted by molar-refractivity contribution is 7.13. The molecule has 0 aliphatic heterocycles. The molecule has 2 aromatic carbocycles. The first-order chi connectivity index (χ1) is 16.0. The normalized spacial score (nSPS) is 26.7. The van der Waals surface area contributed by atoms with E-state index in [1.165, 1.54) is 28.0 Å². The van der Waals surface area contributed by atoms with Crippen LogP contribution in [-0.2, 0) is 18.3 Å². The standard InChI is InChI=1S/C27H31N3O2S/c1-2-26(32)13-14-27(16-19-7-4-3-5-8-19)22(17-26)10-6-9-20-15-21(11-12-23(20)27)24(31)29-25-30-28-18-33-25/h3-5,7-8,11-12,15,18,22,32H,2,6,9-10,13-14,16-17H2,1H3,(H,29,30,31)/t22-,26+,27-/m0/s1. The van der Waals surface area contributed by atoms with E-state index in [-0.39, 0.29) is 11.3 Å². The van der Waals surface area contributed by atoms with Crippen LogP contribution in [0.15, 0.2) is 54.0 Å². The van der Waals surface area contributed by atoms with Crippen LogP contribution in [0.4, 0.5) is 5.13 Å². The molecule has 2 N–H and O–H groups in total. The third-order valence-corrected chi connectivity index (χ3v) is 8.55. The average Bonchev–Trinajstić information content (AvgIpc) is 3.29. The number of rotatable bonds is 5. The number of nitrogens with one attached hydrogen (secondary N) is 1. The Morgan fingerprint density at radius 1 is 1.21 bits per heavy atom. The number of aliphatic hydroxyl groups is 1. The van der Waals surface area contributed by atoms with E-state index < -0.39 is 5.60 Å². The van der Waals surface area contributed by atoms with Crippen LogP contribution in [0.2, 0.25) is 0 Å². The number of amides is 1. The SMILES string of the molecule is CC[C@@]1(O)CC[C@@]2(Cc3ccccc3)c3ccc(C(=O)Nc4nncs4)cc3CCC[C@H]2C1. The van der Waals surface area contributed by atoms with E-state index in [1.807, 2.05) is 6.07 Å². The lowest BCUT2D eigenvalue weighted by atomic mass is 9.55. The molecule has 5 nitrogen and oxygen atoms in total. The lowest BCUT2D eigenvalue weighted by molar-refractivity contribution is -0.0497. The van der Waals surface area contributed by atoms with Crippen molar-refractivity contribution in [1.29, 1.82) is 0 Å². The smallest absolute Gasteiger partial charge is 0.257 e. The van der Waals surface area contributed by atoms with E-state index in [0.717, 1.165) is 51.4 Å². The quantitative estimate of drug-likeness (QED) is 0.522. The third-order valence-electron chi connectivity index (χ3n) is 7.95. The molecule has 2 aliphatic rings. The molecular weight excluding hydrogens is 430 g/mol. The fraction of sp³-hybridized carbons (Fsp3) is 0.444. The minimum Gasteiger partial charge on any atom is -0.390 e. The van der Waals surface area contributed by atoms with E-state index in [1.54, 1.807) is 5.51 Å². The van der Waals surface area contributed by atoms with Gasteiger partial charge in [0.1, 0.15) is 5.51 Å². The van der Waals surface area contributed by atoms with Crippen molar-refractivity contribution in [1.82, 2.24) is 10.2 Å². The van der Waals surface area contributed by atoms with Crippen LogP contribution in [-0.4, -0.2) is 26.8 Å². The highest BCUT2D eigenvalue weighted by Gasteiger charge is 2.50. The molecule has 172 valence electrons. The van der Waals surface area contributed by atoms with Gasteiger partial charge in [-0.3, -0.25) is 10.1 Å². The molecule has 0 bridgehead atoms. The number of hydrogen-bond acceptors (Lipinski definition) is 5. The first-order valence-electron chi connectivity index (χ1n) is 12.0. The maximum Gasteiger partial charge on any atom is 0.257 e. The van der Waals surface area contributed by atoms with Crippen molar-refractivity contribution >= 4 is 22.4 Å². The van der Waals surface area contributed by atoms with Gasteiger partial charge in [-0.2, -0.15) is 0 Å². The van der Waals surface area contributed by atoms with Crippen molar-refractivity contribution in [2.45, 2.75) is 69.3 Å². The Morgan fingerprint density at radius 2 is 2.06 bits per heavy atom. The highest BCUT2D eigenvalue weighted by atomic mass is 32.1. The zero-order chi connectivity index (χ0) is 22.9. The molecule has 6 heteroatoms. The summed E-state index contributed by atoms with van der Waals surface area (Å²) >= 11 is 1.32. The molecule has 1 fully saturated rings. The summed E-state index contributed by atoms with van der Waals surface area (Å²) in [5, 5.41) is 22.3. The van der Waals surface area contributed by atoms with Crippen LogP contribution < -0.4 is 5.32 Å². The van der Waals surface area contributed by atoms with Gasteiger partial charge < -0.3 is 5.11 Å². The van der Waals surface area contributed by atoms with Crippen molar-refractivity contribution in [3.8, 4) is 0 Å². The highest BCUT2D eigenvalue weighted by Crippen LogP contribution is 2.54. The Labute approximate surface area is 199 Å². The number of anilines is 1. The number of carbonyl (C=O) groups is 1. The van der Waals surface area contributed by atoms with Gasteiger partial charge in [0.05, 0.1) is 5.60 Å². The van der Waals surface area contributed by atoms with Crippen molar-refractivity contribution in [3.05, 3.63) is 76.3 Å². The largest absolute Gasteiger partial charge is 0.390 e. The van der Waals surface area contributed by atoms with Gasteiger partial charge in [0.25, 0.3) is 5.91 Å². The summed E-state index contributed by atoms with van der Waals surface area (Å²) in [5.74, 6) is 0.287. The second-order valence-electron chi connectivity index (χ2n) is 9.76. The summed E-state index contributed by atoms with van der Waals surface area (Å²) in [6.07, 6.45) is 7.59. The van der Waals surface area contributed by atoms with Crippen molar-refractivity contribution in [2.75, 3.05) is 5.32 Å². The third kappa shape index (κ3) is 4.34. The molecule has 0 saturated heterocycles. The predicted molar refractivity (Wildman–Crippen MR) is 132 cm³/mol. The van der Waals surface area contributed by atoms with Gasteiger partial charge in [-0.05, 0) is 86.1 Å². The summed E-state index contributed by atoms with van der Waals surface area (Å²) in [6, 6.07) is 17.0. The Morgan fingerprint density at radius 3 is 2.82 bits per heavy atom. The van der Waals surface area contributed by atoms with Crippen molar-refractivity contribution in [3.63, 3.8) is 0 Å². The number of fused-ring (bicyclic) bond motifs is 3. The van der Waals surface area contributed by atoms with Gasteiger partial charge >= 0.3 is 0 Å². The molecule has 3 atom stereocenters. The van der Waals surface area contributed by atoms with Gasteiger partial charge in [-0.15, -0.1) is 10.2 Å². The minimum atomic E-state index is -0.559. The molecule has 1 saturated carbocycles. The Balaban J connectivity index is 1.54. The van der Waals surface area contributed by atoms with Crippen LogP contribution >= 0.6 is 11.3 Å². The topological polar surface area (TPSA) is 75.1 Å². The van der Waals surface area contributed by atoms with Crippen molar-refractivity contribution < 1.29 is 9.90 Å². The summed E-state index contributed by atoms with van der Waals surface area (Å²) in [5.41, 5.74) is 5.70. The number of benzene rings is 2. The van der Waals surface area contributed by atoms with Crippen LogP contribution in [0.25, 0.3) is 0 Å². The molecule has 2 aliphatic carbocycles. The Bertz CT molecular complexity index is 1120. The van der Waals surface area contributed by atoms with Crippen LogP contribution in [0.1, 0.15) is 72.5 Å². The van der Waals surface area contributed by atoms with Gasteiger partial charge in [0, 0.05) is 11.0 Å². The first-order valence-corrected chi connectivity index (χ1v) is 12.9. The fourth-order valence-electron chi connectivity index (χ4n) is 6.12. The summed E-state index contributed by atoms with van der Waals surface area (Å²) in [7, 11) is 0. The maximum atomic E-state index is 12.9. The molecule has 0 spiro atoms.